The minimum absolute atomic E-state index is 0.354. The first-order valence-corrected chi connectivity index (χ1v) is 5.99. The van der Waals surface area contributed by atoms with Crippen molar-refractivity contribution < 1.29 is 9.84 Å². The molecule has 90 valence electrons. The molecule has 1 aromatic carbocycles. The van der Waals surface area contributed by atoms with Gasteiger partial charge in [-0.15, -0.1) is 0 Å². The molecule has 2 nitrogen and oxygen atoms in total. The van der Waals surface area contributed by atoms with Crippen LogP contribution >= 0.6 is 0 Å². The molecular formula is C14H22O2. The van der Waals surface area contributed by atoms with Gasteiger partial charge in [-0.25, -0.2) is 0 Å². The van der Waals surface area contributed by atoms with Gasteiger partial charge < -0.3 is 9.84 Å². The topological polar surface area (TPSA) is 29.5 Å². The van der Waals surface area contributed by atoms with Crippen molar-refractivity contribution in [2.24, 2.45) is 5.92 Å². The zero-order valence-electron chi connectivity index (χ0n) is 10.4. The third-order valence-electron chi connectivity index (χ3n) is 2.91. The monoisotopic (exact) mass is 222 g/mol. The molecule has 1 N–H and O–H groups in total. The Balaban J connectivity index is 2.55. The van der Waals surface area contributed by atoms with Gasteiger partial charge in [0.05, 0.1) is 13.2 Å². The Morgan fingerprint density at radius 1 is 1.25 bits per heavy atom. The summed E-state index contributed by atoms with van der Waals surface area (Å²) in [7, 11) is 1.65. The first-order chi connectivity index (χ1) is 7.67. The summed E-state index contributed by atoms with van der Waals surface area (Å²) in [5, 5.41) is 10.0. The molecule has 16 heavy (non-hydrogen) atoms. The van der Waals surface area contributed by atoms with E-state index in [4.69, 9.17) is 4.74 Å². The van der Waals surface area contributed by atoms with Crippen LogP contribution in [0.3, 0.4) is 0 Å². The highest BCUT2D eigenvalue weighted by Crippen LogP contribution is 2.25. The molecule has 0 radical (unpaired) electrons. The molecule has 2 heteroatoms. The van der Waals surface area contributed by atoms with E-state index in [1.165, 1.54) is 12.8 Å². The molecule has 2 atom stereocenters. The van der Waals surface area contributed by atoms with Gasteiger partial charge in [-0.1, -0.05) is 38.8 Å². The van der Waals surface area contributed by atoms with Gasteiger partial charge in [0.25, 0.3) is 0 Å². The maximum atomic E-state index is 10.0. The molecule has 1 rings (SSSR count). The van der Waals surface area contributed by atoms with E-state index in [0.717, 1.165) is 17.7 Å². The number of ether oxygens (including phenoxy) is 1. The fourth-order valence-corrected chi connectivity index (χ4v) is 1.95. The fourth-order valence-electron chi connectivity index (χ4n) is 1.95. The lowest BCUT2D eigenvalue weighted by molar-refractivity contribution is 0.145. The van der Waals surface area contributed by atoms with Gasteiger partial charge in [0.15, 0.2) is 0 Å². The van der Waals surface area contributed by atoms with Crippen molar-refractivity contribution in [1.82, 2.24) is 0 Å². The second-order valence-corrected chi connectivity index (χ2v) is 4.42. The average Bonchev–Trinajstić information content (AvgIpc) is 2.29. The van der Waals surface area contributed by atoms with E-state index in [2.05, 4.69) is 13.8 Å². The number of rotatable bonds is 6. The van der Waals surface area contributed by atoms with Crippen molar-refractivity contribution in [3.8, 4) is 5.75 Å². The molecule has 1 aromatic rings. The Morgan fingerprint density at radius 2 is 1.88 bits per heavy atom. The first kappa shape index (κ1) is 13.0. The van der Waals surface area contributed by atoms with Gasteiger partial charge >= 0.3 is 0 Å². The maximum absolute atomic E-state index is 10.0. The Kier molecular flexibility index (Phi) is 5.33. The van der Waals surface area contributed by atoms with Gasteiger partial charge in [-0.2, -0.15) is 0 Å². The minimum atomic E-state index is -0.354. The first-order valence-electron chi connectivity index (χ1n) is 5.99. The van der Waals surface area contributed by atoms with E-state index in [9.17, 15) is 5.11 Å². The van der Waals surface area contributed by atoms with Crippen LogP contribution in [0.25, 0.3) is 0 Å². The predicted molar refractivity (Wildman–Crippen MR) is 66.6 cm³/mol. The highest BCUT2D eigenvalue weighted by molar-refractivity contribution is 5.28. The Labute approximate surface area is 98.3 Å². The minimum Gasteiger partial charge on any atom is -0.497 e. The Hall–Kier alpha value is -1.02. The van der Waals surface area contributed by atoms with Crippen LogP contribution in [0.2, 0.25) is 0 Å². The van der Waals surface area contributed by atoms with Gasteiger partial charge in [0.1, 0.15) is 5.75 Å². The van der Waals surface area contributed by atoms with Crippen LogP contribution in [0.15, 0.2) is 24.3 Å². The molecular weight excluding hydrogens is 200 g/mol. The van der Waals surface area contributed by atoms with Gasteiger partial charge in [-0.3, -0.25) is 0 Å². The highest BCUT2D eigenvalue weighted by atomic mass is 16.5. The molecule has 0 saturated heterocycles. The zero-order valence-corrected chi connectivity index (χ0v) is 10.4. The molecule has 0 amide bonds. The molecule has 2 unspecified atom stereocenters. The number of aliphatic hydroxyl groups is 1. The lowest BCUT2D eigenvalue weighted by atomic mass is 9.95. The third kappa shape index (κ3) is 3.86. The molecule has 0 aromatic heterocycles. The summed E-state index contributed by atoms with van der Waals surface area (Å²) in [6.07, 6.45) is 2.83. The summed E-state index contributed by atoms with van der Waals surface area (Å²) in [6, 6.07) is 7.65. The van der Waals surface area contributed by atoms with Crippen LogP contribution in [-0.4, -0.2) is 12.2 Å². The van der Waals surface area contributed by atoms with Gasteiger partial charge in [-0.05, 0) is 30.0 Å². The summed E-state index contributed by atoms with van der Waals surface area (Å²) >= 11 is 0. The highest BCUT2D eigenvalue weighted by Gasteiger charge is 2.11. The SMILES string of the molecule is CCCC(C)CC(O)c1ccc(OC)cc1. The molecule has 0 bridgehead atoms. The van der Waals surface area contributed by atoms with Crippen LogP contribution in [0.5, 0.6) is 5.75 Å². The summed E-state index contributed by atoms with van der Waals surface area (Å²) in [6.45, 7) is 4.37. The smallest absolute Gasteiger partial charge is 0.118 e. The van der Waals surface area contributed by atoms with Crippen molar-refractivity contribution in [3.63, 3.8) is 0 Å². The van der Waals surface area contributed by atoms with Crippen molar-refractivity contribution in [3.05, 3.63) is 29.8 Å². The molecule has 0 fully saturated rings. The summed E-state index contributed by atoms with van der Waals surface area (Å²) in [4.78, 5) is 0. The lowest BCUT2D eigenvalue weighted by Gasteiger charge is -2.16. The normalized spacial score (nSPS) is 14.5. The van der Waals surface area contributed by atoms with E-state index >= 15 is 0 Å². The Morgan fingerprint density at radius 3 is 2.38 bits per heavy atom. The van der Waals surface area contributed by atoms with Crippen molar-refractivity contribution in [1.29, 1.82) is 0 Å². The quantitative estimate of drug-likeness (QED) is 0.797. The van der Waals surface area contributed by atoms with E-state index in [1.54, 1.807) is 7.11 Å². The molecule has 0 saturated carbocycles. The molecule has 0 spiro atoms. The predicted octanol–water partition coefficient (Wildman–Crippen LogP) is 3.55. The van der Waals surface area contributed by atoms with Gasteiger partial charge in [0, 0.05) is 0 Å². The van der Waals surface area contributed by atoms with Crippen molar-refractivity contribution in [2.45, 2.75) is 39.2 Å². The third-order valence-corrected chi connectivity index (χ3v) is 2.91. The number of hydrogen-bond acceptors (Lipinski definition) is 2. The van der Waals surface area contributed by atoms with E-state index in [1.807, 2.05) is 24.3 Å². The van der Waals surface area contributed by atoms with Crippen LogP contribution in [0, 0.1) is 5.92 Å². The van der Waals surface area contributed by atoms with Crippen molar-refractivity contribution in [2.75, 3.05) is 7.11 Å². The van der Waals surface area contributed by atoms with Crippen LogP contribution in [0.1, 0.15) is 44.8 Å². The van der Waals surface area contributed by atoms with Gasteiger partial charge in [0.2, 0.25) is 0 Å². The molecule has 0 aliphatic carbocycles. The average molecular weight is 222 g/mol. The summed E-state index contributed by atoms with van der Waals surface area (Å²) in [5.74, 6) is 1.40. The number of benzene rings is 1. The standard InChI is InChI=1S/C14H22O2/c1-4-5-11(2)10-14(15)12-6-8-13(16-3)9-7-12/h6-9,11,14-15H,4-5,10H2,1-3H3. The largest absolute Gasteiger partial charge is 0.497 e. The summed E-state index contributed by atoms with van der Waals surface area (Å²) in [5.41, 5.74) is 0.976. The number of aliphatic hydroxyl groups excluding tert-OH is 1. The molecule has 0 aliphatic rings. The van der Waals surface area contributed by atoms with Crippen LogP contribution in [-0.2, 0) is 0 Å². The second kappa shape index (κ2) is 6.54. The number of hydrogen-bond donors (Lipinski definition) is 1. The lowest BCUT2D eigenvalue weighted by Crippen LogP contribution is -2.04. The van der Waals surface area contributed by atoms with Crippen LogP contribution < -0.4 is 4.74 Å². The van der Waals surface area contributed by atoms with E-state index in [-0.39, 0.29) is 6.10 Å². The zero-order chi connectivity index (χ0) is 12.0. The molecule has 0 heterocycles. The maximum Gasteiger partial charge on any atom is 0.118 e. The fraction of sp³-hybridized carbons (Fsp3) is 0.571. The molecule has 0 aliphatic heterocycles. The van der Waals surface area contributed by atoms with E-state index < -0.39 is 0 Å². The van der Waals surface area contributed by atoms with Crippen LogP contribution in [0.4, 0.5) is 0 Å². The Bertz CT molecular complexity index is 292. The number of methoxy groups -OCH3 is 1. The van der Waals surface area contributed by atoms with Crippen molar-refractivity contribution >= 4 is 0 Å². The van der Waals surface area contributed by atoms with E-state index in [0.29, 0.717) is 5.92 Å². The second-order valence-electron chi connectivity index (χ2n) is 4.42. The summed E-state index contributed by atoms with van der Waals surface area (Å²) < 4.78 is 5.09.